The molecule has 7 heteroatoms. The molecule has 27 heavy (non-hydrogen) atoms. The second-order valence-electron chi connectivity index (χ2n) is 7.03. The van der Waals surface area contributed by atoms with Crippen molar-refractivity contribution in [2.24, 2.45) is 5.73 Å². The molecule has 3 N–H and O–H groups in total. The number of carbonyl (C=O) groups is 1. The Balaban J connectivity index is 1.64. The van der Waals surface area contributed by atoms with Crippen molar-refractivity contribution in [3.8, 4) is 11.4 Å². The quantitative estimate of drug-likeness (QED) is 0.643. The highest BCUT2D eigenvalue weighted by atomic mass is 32.1. The Bertz CT molecular complexity index is 920. The number of rotatable bonds is 6. The fraction of sp³-hybridized carbons (Fsp3) is 0.400. The molecule has 1 saturated carbocycles. The molecule has 0 atom stereocenters. The van der Waals surface area contributed by atoms with Crippen LogP contribution in [0.5, 0.6) is 0 Å². The SMILES string of the molecule is Cc1c(C(N)=O)cc(-c2csc(NCc3ccco3)n2)n1C1CCCCC1. The van der Waals surface area contributed by atoms with E-state index in [4.69, 9.17) is 15.1 Å². The first-order valence-corrected chi connectivity index (χ1v) is 10.2. The van der Waals surface area contributed by atoms with Crippen LogP contribution in [-0.4, -0.2) is 15.5 Å². The highest BCUT2D eigenvalue weighted by molar-refractivity contribution is 7.14. The zero-order valence-electron chi connectivity index (χ0n) is 15.4. The number of aromatic nitrogens is 2. The van der Waals surface area contributed by atoms with Crippen LogP contribution in [0.15, 0.2) is 34.3 Å². The van der Waals surface area contributed by atoms with Gasteiger partial charge in [0.25, 0.3) is 5.91 Å². The number of anilines is 1. The zero-order chi connectivity index (χ0) is 18.8. The van der Waals surface area contributed by atoms with Crippen molar-refractivity contribution in [1.29, 1.82) is 0 Å². The van der Waals surface area contributed by atoms with E-state index in [2.05, 4.69) is 9.88 Å². The number of thiazole rings is 1. The van der Waals surface area contributed by atoms with Gasteiger partial charge in [0.05, 0.1) is 29.8 Å². The van der Waals surface area contributed by atoms with Crippen molar-refractivity contribution in [3.63, 3.8) is 0 Å². The van der Waals surface area contributed by atoms with Gasteiger partial charge >= 0.3 is 0 Å². The van der Waals surface area contributed by atoms with Gasteiger partial charge in [-0.15, -0.1) is 11.3 Å². The molecule has 3 aromatic rings. The Morgan fingerprint density at radius 3 is 2.93 bits per heavy atom. The second kappa shape index (κ2) is 7.60. The lowest BCUT2D eigenvalue weighted by atomic mass is 9.95. The molecule has 0 saturated heterocycles. The molecule has 4 rings (SSSR count). The monoisotopic (exact) mass is 384 g/mol. The lowest BCUT2D eigenvalue weighted by molar-refractivity contribution is 0.0999. The molecule has 0 spiro atoms. The zero-order valence-corrected chi connectivity index (χ0v) is 16.2. The van der Waals surface area contributed by atoms with Crippen LogP contribution in [0.4, 0.5) is 5.13 Å². The van der Waals surface area contributed by atoms with Crippen molar-refractivity contribution >= 4 is 22.4 Å². The van der Waals surface area contributed by atoms with Gasteiger partial charge in [-0.05, 0) is 38.0 Å². The summed E-state index contributed by atoms with van der Waals surface area (Å²) in [4.78, 5) is 16.7. The molecule has 1 fully saturated rings. The maximum Gasteiger partial charge on any atom is 0.250 e. The van der Waals surface area contributed by atoms with Gasteiger partial charge in [0, 0.05) is 17.1 Å². The molecule has 0 aliphatic heterocycles. The van der Waals surface area contributed by atoms with Crippen LogP contribution in [0, 0.1) is 6.92 Å². The molecule has 0 aromatic carbocycles. The first-order valence-electron chi connectivity index (χ1n) is 9.37. The van der Waals surface area contributed by atoms with Crippen molar-refractivity contribution < 1.29 is 9.21 Å². The summed E-state index contributed by atoms with van der Waals surface area (Å²) in [6.07, 6.45) is 7.66. The molecule has 1 amide bonds. The predicted octanol–water partition coefficient (Wildman–Crippen LogP) is 4.73. The Hall–Kier alpha value is -2.54. The van der Waals surface area contributed by atoms with Crippen molar-refractivity contribution in [3.05, 3.63) is 46.9 Å². The number of hydrogen-bond donors (Lipinski definition) is 2. The van der Waals surface area contributed by atoms with Gasteiger partial charge in [0.2, 0.25) is 0 Å². The molecule has 3 heterocycles. The minimum absolute atomic E-state index is 0.380. The summed E-state index contributed by atoms with van der Waals surface area (Å²) in [6, 6.07) is 6.11. The summed E-state index contributed by atoms with van der Waals surface area (Å²) >= 11 is 1.55. The largest absolute Gasteiger partial charge is 0.467 e. The fourth-order valence-electron chi connectivity index (χ4n) is 3.93. The first-order chi connectivity index (χ1) is 13.1. The van der Waals surface area contributed by atoms with Crippen LogP contribution in [0.1, 0.15) is 60.0 Å². The predicted molar refractivity (Wildman–Crippen MR) is 107 cm³/mol. The Morgan fingerprint density at radius 1 is 1.41 bits per heavy atom. The van der Waals surface area contributed by atoms with Gasteiger partial charge in [-0.3, -0.25) is 4.79 Å². The molecule has 3 aromatic heterocycles. The lowest BCUT2D eigenvalue weighted by Gasteiger charge is -2.26. The first kappa shape index (κ1) is 17.9. The van der Waals surface area contributed by atoms with Gasteiger partial charge in [-0.25, -0.2) is 4.98 Å². The molecular weight excluding hydrogens is 360 g/mol. The lowest BCUT2D eigenvalue weighted by Crippen LogP contribution is -2.17. The molecule has 0 unspecified atom stereocenters. The topological polar surface area (TPSA) is 86.1 Å². The average molecular weight is 385 g/mol. The van der Waals surface area contributed by atoms with Gasteiger partial charge < -0.3 is 20.0 Å². The highest BCUT2D eigenvalue weighted by Crippen LogP contribution is 2.37. The van der Waals surface area contributed by atoms with Crippen LogP contribution in [0.2, 0.25) is 0 Å². The number of amides is 1. The number of furan rings is 1. The number of nitrogens with zero attached hydrogens (tertiary/aromatic N) is 2. The molecule has 1 aliphatic rings. The minimum atomic E-state index is -0.380. The maximum atomic E-state index is 11.9. The van der Waals surface area contributed by atoms with Crippen molar-refractivity contribution in [2.45, 2.75) is 51.6 Å². The van der Waals surface area contributed by atoms with Crippen molar-refractivity contribution in [1.82, 2.24) is 9.55 Å². The van der Waals surface area contributed by atoms with Gasteiger partial charge in [-0.2, -0.15) is 0 Å². The number of carbonyl (C=O) groups excluding carboxylic acids is 1. The summed E-state index contributed by atoms with van der Waals surface area (Å²) in [5, 5.41) is 6.15. The van der Waals surface area contributed by atoms with E-state index in [0.29, 0.717) is 18.2 Å². The molecular formula is C20H24N4O2S. The third kappa shape index (κ3) is 3.64. The van der Waals surface area contributed by atoms with E-state index in [1.165, 1.54) is 19.3 Å². The average Bonchev–Trinajstić information content (AvgIpc) is 3.40. The minimum Gasteiger partial charge on any atom is -0.467 e. The van der Waals surface area contributed by atoms with E-state index in [1.807, 2.05) is 30.5 Å². The molecule has 1 aliphatic carbocycles. The highest BCUT2D eigenvalue weighted by Gasteiger charge is 2.25. The van der Waals surface area contributed by atoms with Crippen LogP contribution < -0.4 is 11.1 Å². The number of hydrogen-bond acceptors (Lipinski definition) is 5. The van der Waals surface area contributed by atoms with Gasteiger partial charge in [0.1, 0.15) is 5.76 Å². The van der Waals surface area contributed by atoms with Gasteiger partial charge in [-0.1, -0.05) is 19.3 Å². The summed E-state index contributed by atoms with van der Waals surface area (Å²) < 4.78 is 7.63. The van der Waals surface area contributed by atoms with E-state index < -0.39 is 0 Å². The van der Waals surface area contributed by atoms with E-state index in [-0.39, 0.29) is 5.91 Å². The molecule has 6 nitrogen and oxygen atoms in total. The fourth-order valence-corrected chi connectivity index (χ4v) is 4.63. The van der Waals surface area contributed by atoms with Crippen molar-refractivity contribution in [2.75, 3.05) is 5.32 Å². The van der Waals surface area contributed by atoms with Crippen LogP contribution in [0.25, 0.3) is 11.4 Å². The van der Waals surface area contributed by atoms with E-state index in [1.54, 1.807) is 17.6 Å². The smallest absolute Gasteiger partial charge is 0.250 e. The van der Waals surface area contributed by atoms with Crippen LogP contribution >= 0.6 is 11.3 Å². The third-order valence-electron chi connectivity index (χ3n) is 5.26. The van der Waals surface area contributed by atoms with E-state index in [9.17, 15) is 4.79 Å². The Kier molecular flexibility index (Phi) is 5.03. The number of nitrogens with one attached hydrogen (secondary N) is 1. The molecule has 0 radical (unpaired) electrons. The summed E-state index contributed by atoms with van der Waals surface area (Å²) in [5.41, 5.74) is 9.02. The normalized spacial score (nSPS) is 15.1. The number of nitrogens with two attached hydrogens (primary N) is 1. The van der Waals surface area contributed by atoms with Crippen LogP contribution in [0.3, 0.4) is 0 Å². The van der Waals surface area contributed by atoms with E-state index in [0.717, 1.165) is 40.8 Å². The van der Waals surface area contributed by atoms with E-state index >= 15 is 0 Å². The Morgan fingerprint density at radius 2 is 2.22 bits per heavy atom. The summed E-state index contributed by atoms with van der Waals surface area (Å²) in [7, 11) is 0. The second-order valence-corrected chi connectivity index (χ2v) is 7.88. The molecule has 142 valence electrons. The summed E-state index contributed by atoms with van der Waals surface area (Å²) in [5.74, 6) is 0.485. The maximum absolute atomic E-state index is 11.9. The number of primary amides is 1. The van der Waals surface area contributed by atoms with Crippen LogP contribution in [-0.2, 0) is 6.54 Å². The summed E-state index contributed by atoms with van der Waals surface area (Å²) in [6.45, 7) is 2.58. The third-order valence-corrected chi connectivity index (χ3v) is 6.06. The van der Waals surface area contributed by atoms with Gasteiger partial charge in [0.15, 0.2) is 5.13 Å². The standard InChI is InChI=1S/C20H24N4O2S/c1-13-16(19(21)25)10-18(24(13)14-6-3-2-4-7-14)17-12-27-20(23-17)22-11-15-8-5-9-26-15/h5,8-10,12,14H,2-4,6-7,11H2,1H3,(H2,21,25)(H,22,23). The Labute approximate surface area is 162 Å². The molecule has 0 bridgehead atoms.